The zero-order chi connectivity index (χ0) is 16.1. The van der Waals surface area contributed by atoms with Crippen molar-refractivity contribution < 1.29 is 9.53 Å². The fraction of sp³-hybridized carbons (Fsp3) is 0.353. The van der Waals surface area contributed by atoms with Gasteiger partial charge >= 0.3 is 0 Å². The van der Waals surface area contributed by atoms with Gasteiger partial charge in [0.1, 0.15) is 5.69 Å². The van der Waals surface area contributed by atoms with E-state index < -0.39 is 0 Å². The van der Waals surface area contributed by atoms with Gasteiger partial charge in [0.15, 0.2) is 5.82 Å². The Balaban J connectivity index is 1.65. The molecule has 0 spiro atoms. The number of rotatable bonds is 6. The predicted octanol–water partition coefficient (Wildman–Crippen LogP) is 1.94. The van der Waals surface area contributed by atoms with Crippen LogP contribution in [0.1, 0.15) is 22.5 Å². The number of nitrogens with one attached hydrogen (secondary N) is 1. The average Bonchev–Trinajstić information content (AvgIpc) is 3.03. The first-order valence-corrected chi connectivity index (χ1v) is 7.74. The van der Waals surface area contributed by atoms with Gasteiger partial charge in [0, 0.05) is 32.5 Å². The Morgan fingerprint density at radius 2 is 2.17 bits per heavy atom. The molecule has 3 rings (SSSR count). The van der Waals surface area contributed by atoms with Crippen LogP contribution < -0.4 is 10.2 Å². The Labute approximate surface area is 135 Å². The second kappa shape index (κ2) is 7.19. The zero-order valence-corrected chi connectivity index (χ0v) is 13.2. The molecule has 0 radical (unpaired) electrons. The molecule has 1 N–H and O–H groups in total. The minimum Gasteiger partial charge on any atom is -0.385 e. The number of carbonyl (C=O) groups is 1. The number of hydrogen-bond acceptors (Lipinski definition) is 5. The Morgan fingerprint density at radius 1 is 1.30 bits per heavy atom. The molecule has 0 bridgehead atoms. The van der Waals surface area contributed by atoms with Crippen molar-refractivity contribution in [2.24, 2.45) is 0 Å². The van der Waals surface area contributed by atoms with Crippen LogP contribution in [0.25, 0.3) is 0 Å². The van der Waals surface area contributed by atoms with Crippen LogP contribution in [0.4, 0.5) is 11.5 Å². The molecule has 1 aromatic heterocycles. The number of carbonyl (C=O) groups excluding carboxylic acids is 1. The lowest BCUT2D eigenvalue weighted by Gasteiger charge is -2.17. The van der Waals surface area contributed by atoms with Crippen LogP contribution in [0, 0.1) is 0 Å². The third-order valence-electron chi connectivity index (χ3n) is 3.85. The van der Waals surface area contributed by atoms with E-state index in [0.29, 0.717) is 18.8 Å². The molecule has 0 saturated carbocycles. The van der Waals surface area contributed by atoms with Gasteiger partial charge in [-0.1, -0.05) is 18.2 Å². The van der Waals surface area contributed by atoms with E-state index >= 15 is 0 Å². The van der Waals surface area contributed by atoms with E-state index in [2.05, 4.69) is 32.3 Å². The molecule has 0 fully saturated rings. The minimum absolute atomic E-state index is 0.207. The monoisotopic (exact) mass is 312 g/mol. The summed E-state index contributed by atoms with van der Waals surface area (Å²) >= 11 is 0. The predicted molar refractivity (Wildman–Crippen MR) is 88.0 cm³/mol. The summed E-state index contributed by atoms with van der Waals surface area (Å²) in [5, 5.41) is 2.80. The highest BCUT2D eigenvalue weighted by atomic mass is 16.5. The van der Waals surface area contributed by atoms with Crippen LogP contribution in [-0.4, -0.2) is 42.7 Å². The van der Waals surface area contributed by atoms with Gasteiger partial charge in [0.05, 0.1) is 12.4 Å². The van der Waals surface area contributed by atoms with Gasteiger partial charge in [-0.05, 0) is 24.5 Å². The molecule has 2 aromatic rings. The molecule has 0 aliphatic carbocycles. The molecule has 1 aromatic carbocycles. The zero-order valence-electron chi connectivity index (χ0n) is 13.2. The summed E-state index contributed by atoms with van der Waals surface area (Å²) in [4.78, 5) is 22.7. The van der Waals surface area contributed by atoms with Gasteiger partial charge < -0.3 is 15.0 Å². The molecular formula is C17H20N4O2. The molecule has 1 aliphatic rings. The first kappa shape index (κ1) is 15.4. The number of hydrogen-bond donors (Lipinski definition) is 1. The summed E-state index contributed by atoms with van der Waals surface area (Å²) in [5.41, 5.74) is 2.81. The van der Waals surface area contributed by atoms with E-state index in [1.54, 1.807) is 13.3 Å². The quantitative estimate of drug-likeness (QED) is 0.826. The number of benzene rings is 1. The summed E-state index contributed by atoms with van der Waals surface area (Å²) in [6, 6.07) is 8.28. The number of ether oxygens (including phenoxy) is 1. The van der Waals surface area contributed by atoms with Gasteiger partial charge in [0.2, 0.25) is 0 Å². The Bertz CT molecular complexity index is 673. The van der Waals surface area contributed by atoms with Crippen molar-refractivity contribution in [3.8, 4) is 0 Å². The summed E-state index contributed by atoms with van der Waals surface area (Å²) in [7, 11) is 1.64. The number of para-hydroxylation sites is 1. The first-order chi connectivity index (χ1) is 11.3. The molecular weight excluding hydrogens is 292 g/mol. The minimum atomic E-state index is -0.207. The van der Waals surface area contributed by atoms with Crippen molar-refractivity contribution in [3.63, 3.8) is 0 Å². The highest BCUT2D eigenvalue weighted by molar-refractivity contribution is 5.92. The highest BCUT2D eigenvalue weighted by Gasteiger charge is 2.21. The molecule has 0 unspecified atom stereocenters. The van der Waals surface area contributed by atoms with Gasteiger partial charge in [-0.2, -0.15) is 0 Å². The van der Waals surface area contributed by atoms with Crippen LogP contribution in [0.15, 0.2) is 36.7 Å². The molecule has 23 heavy (non-hydrogen) atoms. The molecule has 6 nitrogen and oxygen atoms in total. The van der Waals surface area contributed by atoms with Crippen LogP contribution >= 0.6 is 0 Å². The summed E-state index contributed by atoms with van der Waals surface area (Å²) in [6.07, 6.45) is 4.96. The second-order valence-corrected chi connectivity index (χ2v) is 5.39. The Morgan fingerprint density at radius 3 is 2.96 bits per heavy atom. The topological polar surface area (TPSA) is 67.3 Å². The maximum atomic E-state index is 12.0. The molecule has 2 heterocycles. The van der Waals surface area contributed by atoms with E-state index in [4.69, 9.17) is 4.74 Å². The number of anilines is 2. The smallest absolute Gasteiger partial charge is 0.271 e. The maximum Gasteiger partial charge on any atom is 0.271 e. The molecule has 6 heteroatoms. The summed E-state index contributed by atoms with van der Waals surface area (Å²) in [5.74, 6) is 0.563. The van der Waals surface area contributed by atoms with E-state index in [-0.39, 0.29) is 5.91 Å². The van der Waals surface area contributed by atoms with Crippen molar-refractivity contribution in [3.05, 3.63) is 47.9 Å². The number of fused-ring (bicyclic) bond motifs is 1. The number of methoxy groups -OCH3 is 1. The van der Waals surface area contributed by atoms with Gasteiger partial charge in [-0.15, -0.1) is 0 Å². The van der Waals surface area contributed by atoms with Crippen molar-refractivity contribution >= 4 is 17.4 Å². The largest absolute Gasteiger partial charge is 0.385 e. The molecule has 1 aliphatic heterocycles. The number of amides is 1. The van der Waals surface area contributed by atoms with Crippen LogP contribution in [0.5, 0.6) is 0 Å². The molecule has 0 saturated heterocycles. The van der Waals surface area contributed by atoms with E-state index in [9.17, 15) is 4.79 Å². The fourth-order valence-corrected chi connectivity index (χ4v) is 2.66. The first-order valence-electron chi connectivity index (χ1n) is 7.74. The lowest BCUT2D eigenvalue weighted by molar-refractivity contribution is 0.0943. The molecule has 0 atom stereocenters. The fourth-order valence-electron chi connectivity index (χ4n) is 2.66. The van der Waals surface area contributed by atoms with Crippen molar-refractivity contribution in [2.75, 3.05) is 31.7 Å². The van der Waals surface area contributed by atoms with E-state index in [1.807, 2.05) is 12.1 Å². The van der Waals surface area contributed by atoms with Crippen molar-refractivity contribution in [2.45, 2.75) is 12.8 Å². The van der Waals surface area contributed by atoms with Crippen LogP contribution in [0.2, 0.25) is 0 Å². The average molecular weight is 312 g/mol. The van der Waals surface area contributed by atoms with Gasteiger partial charge in [-0.25, -0.2) is 9.97 Å². The highest BCUT2D eigenvalue weighted by Crippen LogP contribution is 2.32. The lowest BCUT2D eigenvalue weighted by Crippen LogP contribution is -2.26. The molecule has 120 valence electrons. The van der Waals surface area contributed by atoms with Crippen molar-refractivity contribution in [1.29, 1.82) is 0 Å². The summed E-state index contributed by atoms with van der Waals surface area (Å²) < 4.78 is 4.95. The molecule has 1 amide bonds. The van der Waals surface area contributed by atoms with Gasteiger partial charge in [0.25, 0.3) is 5.91 Å². The van der Waals surface area contributed by atoms with Crippen LogP contribution in [0.3, 0.4) is 0 Å². The van der Waals surface area contributed by atoms with Gasteiger partial charge in [-0.3, -0.25) is 4.79 Å². The summed E-state index contributed by atoms with van der Waals surface area (Å²) in [6.45, 7) is 2.07. The SMILES string of the molecule is COCCCNC(=O)c1cnc(N2CCc3ccccc32)cn1. The van der Waals surface area contributed by atoms with Crippen LogP contribution in [-0.2, 0) is 11.2 Å². The Hall–Kier alpha value is -2.47. The normalized spacial score (nSPS) is 13.0. The standard InChI is InChI=1S/C17H20N4O2/c1-23-10-4-8-18-17(22)14-11-20-16(12-19-14)21-9-7-13-5-2-3-6-15(13)21/h2-3,5-6,11-12H,4,7-10H2,1H3,(H,18,22). The van der Waals surface area contributed by atoms with E-state index in [1.165, 1.54) is 17.4 Å². The van der Waals surface area contributed by atoms with E-state index in [0.717, 1.165) is 25.2 Å². The number of nitrogens with zero attached hydrogens (tertiary/aromatic N) is 3. The Kier molecular flexibility index (Phi) is 4.83. The third kappa shape index (κ3) is 3.48. The third-order valence-corrected chi connectivity index (χ3v) is 3.85. The number of aromatic nitrogens is 2. The lowest BCUT2D eigenvalue weighted by atomic mass is 10.2. The second-order valence-electron chi connectivity index (χ2n) is 5.39. The maximum absolute atomic E-state index is 12.0. The van der Waals surface area contributed by atoms with Crippen molar-refractivity contribution in [1.82, 2.24) is 15.3 Å².